The predicted molar refractivity (Wildman–Crippen MR) is 38.9 cm³/mol. The van der Waals surface area contributed by atoms with Crippen LogP contribution in [0, 0.1) is 5.92 Å². The van der Waals surface area contributed by atoms with E-state index in [4.69, 9.17) is 0 Å². The van der Waals surface area contributed by atoms with Crippen LogP contribution in [0.4, 0.5) is 0 Å². The Hall–Kier alpha value is -0.260. The zero-order valence-corrected chi connectivity index (χ0v) is 6.36. The molecule has 0 amide bonds. The topological polar surface area (TPSA) is 0 Å². The molecule has 0 radical (unpaired) electrons. The quantitative estimate of drug-likeness (QED) is 0.482. The number of hydrogen-bond acceptors (Lipinski definition) is 0. The van der Waals surface area contributed by atoms with Crippen LogP contribution in [0.25, 0.3) is 0 Å². The summed E-state index contributed by atoms with van der Waals surface area (Å²) >= 11 is 0. The third-order valence-corrected chi connectivity index (χ3v) is 1.85. The highest BCUT2D eigenvalue weighted by Crippen LogP contribution is 2.11. The minimum Gasteiger partial charge on any atom is -0.0885 e. The highest BCUT2D eigenvalue weighted by molar-refractivity contribution is 4.99. The Balaban J connectivity index is 3.63. The number of rotatable bonds is 2. The third kappa shape index (κ3) is 2.15. The van der Waals surface area contributed by atoms with Gasteiger partial charge in [0.05, 0.1) is 0 Å². The summed E-state index contributed by atoms with van der Waals surface area (Å²) < 4.78 is 0. The van der Waals surface area contributed by atoms with E-state index < -0.39 is 0 Å². The fourth-order valence-electron chi connectivity index (χ4n) is 0.606. The molecular weight excluding hydrogens is 96.1 g/mol. The van der Waals surface area contributed by atoms with E-state index in [-0.39, 0.29) is 0 Å². The first-order valence-electron chi connectivity index (χ1n) is 3.35. The zero-order chi connectivity index (χ0) is 6.57. The van der Waals surface area contributed by atoms with E-state index in [9.17, 15) is 0 Å². The summed E-state index contributed by atoms with van der Waals surface area (Å²) in [5, 5.41) is 0. The summed E-state index contributed by atoms with van der Waals surface area (Å²) in [5.74, 6) is 0.778. The molecule has 0 aromatic carbocycles. The van der Waals surface area contributed by atoms with Crippen molar-refractivity contribution < 1.29 is 0 Å². The van der Waals surface area contributed by atoms with Gasteiger partial charge in [-0.05, 0) is 26.2 Å². The molecule has 0 fully saturated rings. The summed E-state index contributed by atoms with van der Waals surface area (Å²) in [7, 11) is 0. The average molecular weight is 112 g/mol. The van der Waals surface area contributed by atoms with Gasteiger partial charge in [0, 0.05) is 0 Å². The van der Waals surface area contributed by atoms with Gasteiger partial charge in [0.1, 0.15) is 0 Å². The lowest BCUT2D eigenvalue weighted by molar-refractivity contribution is 0.654. The van der Waals surface area contributed by atoms with Gasteiger partial charge in [-0.1, -0.05) is 25.5 Å². The van der Waals surface area contributed by atoms with E-state index in [1.807, 2.05) is 0 Å². The predicted octanol–water partition coefficient (Wildman–Crippen LogP) is 3.00. The van der Waals surface area contributed by atoms with Gasteiger partial charge in [0.25, 0.3) is 0 Å². The maximum atomic E-state index is 2.26. The fraction of sp³-hybridized carbons (Fsp3) is 0.750. The monoisotopic (exact) mass is 112 g/mol. The molecule has 0 unspecified atom stereocenters. The molecule has 1 atom stereocenters. The maximum Gasteiger partial charge on any atom is -0.0237 e. The minimum atomic E-state index is 0.778. The van der Waals surface area contributed by atoms with Gasteiger partial charge in [-0.25, -0.2) is 0 Å². The van der Waals surface area contributed by atoms with Crippen LogP contribution in [0.2, 0.25) is 0 Å². The van der Waals surface area contributed by atoms with Gasteiger partial charge in [-0.2, -0.15) is 0 Å². The number of allylic oxidation sites excluding steroid dienone is 2. The Morgan fingerprint density at radius 1 is 1.62 bits per heavy atom. The molecule has 0 heteroatoms. The summed E-state index contributed by atoms with van der Waals surface area (Å²) in [6.45, 7) is 8.77. The van der Waals surface area contributed by atoms with E-state index in [0.717, 1.165) is 5.92 Å². The molecule has 0 nitrogen and oxygen atoms in total. The molecule has 0 aliphatic rings. The van der Waals surface area contributed by atoms with Crippen molar-refractivity contribution in [1.82, 2.24) is 0 Å². The van der Waals surface area contributed by atoms with Gasteiger partial charge in [0.2, 0.25) is 0 Å². The van der Waals surface area contributed by atoms with E-state index in [1.54, 1.807) is 0 Å². The van der Waals surface area contributed by atoms with Crippen LogP contribution in [0.5, 0.6) is 0 Å². The molecule has 0 bridgehead atoms. The standard InChI is InChI=1S/C8H16/c1-5-7(3)8(4)6-2/h5,8H,6H2,1-4H3/b7-5+/t8-/m1/s1. The molecule has 48 valence electrons. The van der Waals surface area contributed by atoms with Crippen LogP contribution in [0.15, 0.2) is 11.6 Å². The van der Waals surface area contributed by atoms with Crippen molar-refractivity contribution in [3.63, 3.8) is 0 Å². The van der Waals surface area contributed by atoms with Crippen LogP contribution < -0.4 is 0 Å². The summed E-state index contributed by atoms with van der Waals surface area (Å²) in [4.78, 5) is 0. The molecule has 0 heterocycles. The molecular formula is C8H16. The Morgan fingerprint density at radius 3 is 2.25 bits per heavy atom. The largest absolute Gasteiger partial charge is 0.0885 e. The first kappa shape index (κ1) is 7.74. The van der Waals surface area contributed by atoms with Crippen LogP contribution >= 0.6 is 0 Å². The van der Waals surface area contributed by atoms with Crippen molar-refractivity contribution in [1.29, 1.82) is 0 Å². The smallest absolute Gasteiger partial charge is 0.0237 e. The second-order valence-corrected chi connectivity index (χ2v) is 2.34. The maximum absolute atomic E-state index is 2.26. The molecule has 0 aromatic heterocycles. The Kier molecular flexibility index (Phi) is 3.59. The van der Waals surface area contributed by atoms with Crippen molar-refractivity contribution in [2.45, 2.75) is 34.1 Å². The lowest BCUT2D eigenvalue weighted by Gasteiger charge is -2.06. The van der Waals surface area contributed by atoms with Crippen molar-refractivity contribution in [2.24, 2.45) is 5.92 Å². The molecule has 0 aliphatic carbocycles. The lowest BCUT2D eigenvalue weighted by Crippen LogP contribution is -1.91. The molecule has 0 rings (SSSR count). The van der Waals surface area contributed by atoms with Crippen LogP contribution in [-0.4, -0.2) is 0 Å². The first-order valence-corrected chi connectivity index (χ1v) is 3.35. The van der Waals surface area contributed by atoms with Gasteiger partial charge in [0.15, 0.2) is 0 Å². The second kappa shape index (κ2) is 3.71. The van der Waals surface area contributed by atoms with Crippen molar-refractivity contribution in [3.05, 3.63) is 11.6 Å². The molecule has 0 N–H and O–H groups in total. The van der Waals surface area contributed by atoms with E-state index >= 15 is 0 Å². The second-order valence-electron chi connectivity index (χ2n) is 2.34. The Labute approximate surface area is 52.6 Å². The highest BCUT2D eigenvalue weighted by Gasteiger charge is 1.96. The summed E-state index contributed by atoms with van der Waals surface area (Å²) in [6.07, 6.45) is 3.45. The minimum absolute atomic E-state index is 0.778. The molecule has 0 aliphatic heterocycles. The third-order valence-electron chi connectivity index (χ3n) is 1.85. The van der Waals surface area contributed by atoms with Crippen LogP contribution in [0.1, 0.15) is 34.1 Å². The van der Waals surface area contributed by atoms with Crippen molar-refractivity contribution in [2.75, 3.05) is 0 Å². The summed E-state index contributed by atoms with van der Waals surface area (Å²) in [5.41, 5.74) is 1.51. The molecule has 0 aromatic rings. The molecule has 0 saturated carbocycles. The Bertz CT molecular complexity index is 80.0. The average Bonchev–Trinajstić information content (AvgIpc) is 1.84. The van der Waals surface area contributed by atoms with Gasteiger partial charge < -0.3 is 0 Å². The van der Waals surface area contributed by atoms with Gasteiger partial charge in [-0.3, -0.25) is 0 Å². The van der Waals surface area contributed by atoms with Crippen LogP contribution in [-0.2, 0) is 0 Å². The van der Waals surface area contributed by atoms with Crippen molar-refractivity contribution >= 4 is 0 Å². The van der Waals surface area contributed by atoms with E-state index in [2.05, 4.69) is 33.8 Å². The van der Waals surface area contributed by atoms with Gasteiger partial charge in [-0.15, -0.1) is 0 Å². The molecule has 0 saturated heterocycles. The van der Waals surface area contributed by atoms with Gasteiger partial charge >= 0.3 is 0 Å². The normalized spacial score (nSPS) is 16.2. The Morgan fingerprint density at radius 2 is 2.12 bits per heavy atom. The SMILES string of the molecule is C/C=C(\C)[C@H](C)CC. The van der Waals surface area contributed by atoms with E-state index in [0.29, 0.717) is 0 Å². The lowest BCUT2D eigenvalue weighted by atomic mass is 10.0. The molecule has 0 spiro atoms. The first-order chi connectivity index (χ1) is 3.72. The van der Waals surface area contributed by atoms with Crippen LogP contribution in [0.3, 0.4) is 0 Å². The molecule has 8 heavy (non-hydrogen) atoms. The highest BCUT2D eigenvalue weighted by atomic mass is 14.0. The van der Waals surface area contributed by atoms with E-state index in [1.165, 1.54) is 12.0 Å². The van der Waals surface area contributed by atoms with Crippen molar-refractivity contribution in [3.8, 4) is 0 Å². The fourth-order valence-corrected chi connectivity index (χ4v) is 0.606. The summed E-state index contributed by atoms with van der Waals surface area (Å²) in [6, 6.07) is 0. The zero-order valence-electron chi connectivity index (χ0n) is 6.36. The number of hydrogen-bond donors (Lipinski definition) is 0.